The van der Waals surface area contributed by atoms with Crippen molar-refractivity contribution in [2.45, 2.75) is 13.0 Å². The van der Waals surface area contributed by atoms with Crippen molar-refractivity contribution in [2.75, 3.05) is 5.32 Å². The van der Waals surface area contributed by atoms with E-state index in [9.17, 15) is 4.79 Å². The Balaban J connectivity index is 1.97. The predicted molar refractivity (Wildman–Crippen MR) is 81.3 cm³/mol. The molecule has 2 aromatic carbocycles. The second-order valence-electron chi connectivity index (χ2n) is 4.40. The highest BCUT2D eigenvalue weighted by Gasteiger charge is 2.15. The maximum Gasteiger partial charge on any atom is 0.265 e. The van der Waals surface area contributed by atoms with E-state index < -0.39 is 6.10 Å². The minimum atomic E-state index is -0.667. The van der Waals surface area contributed by atoms with E-state index in [-0.39, 0.29) is 5.91 Å². The number of benzene rings is 2. The lowest BCUT2D eigenvalue weighted by molar-refractivity contribution is -0.122. The molecule has 0 aliphatic carbocycles. The highest BCUT2D eigenvalue weighted by molar-refractivity contribution is 6.30. The van der Waals surface area contributed by atoms with Crippen LogP contribution in [0.1, 0.15) is 12.5 Å². The predicted octanol–water partition coefficient (Wildman–Crippen LogP) is 3.62. The van der Waals surface area contributed by atoms with Crippen LogP contribution < -0.4 is 10.1 Å². The Hall–Kier alpha value is -2.51. The lowest BCUT2D eigenvalue weighted by Crippen LogP contribution is -2.30. The number of nitrogens with one attached hydrogen (secondary N) is 1. The topological polar surface area (TPSA) is 62.1 Å². The fourth-order valence-corrected chi connectivity index (χ4v) is 1.85. The van der Waals surface area contributed by atoms with Crippen LogP contribution in [0.15, 0.2) is 48.5 Å². The van der Waals surface area contributed by atoms with Crippen LogP contribution in [0.2, 0.25) is 5.02 Å². The van der Waals surface area contributed by atoms with Crippen molar-refractivity contribution in [1.82, 2.24) is 0 Å². The molecule has 0 saturated heterocycles. The van der Waals surface area contributed by atoms with Crippen molar-refractivity contribution in [2.24, 2.45) is 0 Å². The van der Waals surface area contributed by atoms with Crippen molar-refractivity contribution < 1.29 is 9.53 Å². The monoisotopic (exact) mass is 300 g/mol. The first-order valence-corrected chi connectivity index (χ1v) is 6.69. The van der Waals surface area contributed by atoms with Crippen LogP contribution in [-0.4, -0.2) is 12.0 Å². The van der Waals surface area contributed by atoms with Crippen LogP contribution in [0, 0.1) is 11.3 Å². The third-order valence-electron chi connectivity index (χ3n) is 2.76. The van der Waals surface area contributed by atoms with Gasteiger partial charge in [-0.25, -0.2) is 0 Å². The van der Waals surface area contributed by atoms with Gasteiger partial charge >= 0.3 is 0 Å². The smallest absolute Gasteiger partial charge is 0.265 e. The summed E-state index contributed by atoms with van der Waals surface area (Å²) in [6.45, 7) is 1.65. The number of carbonyl (C=O) groups excluding carboxylic acids is 1. The lowest BCUT2D eigenvalue weighted by atomic mass is 10.2. The molecule has 21 heavy (non-hydrogen) atoms. The first-order valence-electron chi connectivity index (χ1n) is 6.32. The number of amides is 1. The van der Waals surface area contributed by atoms with Crippen LogP contribution in [0.3, 0.4) is 0 Å². The van der Waals surface area contributed by atoms with Gasteiger partial charge in [0.2, 0.25) is 0 Å². The Morgan fingerprint density at radius 3 is 2.62 bits per heavy atom. The highest BCUT2D eigenvalue weighted by atomic mass is 35.5. The zero-order valence-corrected chi connectivity index (χ0v) is 12.1. The summed E-state index contributed by atoms with van der Waals surface area (Å²) >= 11 is 5.86. The van der Waals surface area contributed by atoms with Gasteiger partial charge in [0.15, 0.2) is 6.10 Å². The summed E-state index contributed by atoms with van der Waals surface area (Å²) in [5, 5.41) is 12.0. The van der Waals surface area contributed by atoms with Crippen molar-refractivity contribution in [3.63, 3.8) is 0 Å². The van der Waals surface area contributed by atoms with E-state index in [1.165, 1.54) is 0 Å². The third kappa shape index (κ3) is 4.23. The average molecular weight is 301 g/mol. The van der Waals surface area contributed by atoms with E-state index in [1.807, 2.05) is 6.07 Å². The molecular weight excluding hydrogens is 288 g/mol. The summed E-state index contributed by atoms with van der Waals surface area (Å²) in [6.07, 6.45) is -0.667. The Morgan fingerprint density at radius 2 is 2.00 bits per heavy atom. The number of rotatable bonds is 4. The Bertz CT molecular complexity index is 677. The molecule has 0 unspecified atom stereocenters. The molecule has 2 rings (SSSR count). The molecule has 0 radical (unpaired) electrons. The molecule has 0 aliphatic heterocycles. The molecule has 0 bridgehead atoms. The SMILES string of the molecule is C[C@@H](Oc1cccc(Cl)c1)C(=O)Nc1ccc(C#N)cc1. The Morgan fingerprint density at radius 1 is 1.29 bits per heavy atom. The minimum absolute atomic E-state index is 0.278. The average Bonchev–Trinajstić information content (AvgIpc) is 2.48. The first kappa shape index (κ1) is 14.9. The zero-order chi connectivity index (χ0) is 15.2. The van der Waals surface area contributed by atoms with E-state index >= 15 is 0 Å². The van der Waals surface area contributed by atoms with Crippen molar-refractivity contribution >= 4 is 23.2 Å². The fourth-order valence-electron chi connectivity index (χ4n) is 1.67. The van der Waals surface area contributed by atoms with Crippen molar-refractivity contribution in [3.8, 4) is 11.8 Å². The van der Waals surface area contributed by atoms with E-state index in [2.05, 4.69) is 5.32 Å². The summed E-state index contributed by atoms with van der Waals surface area (Å²) in [4.78, 5) is 12.0. The standard InChI is InChI=1S/C16H13ClN2O2/c1-11(21-15-4-2-3-13(17)9-15)16(20)19-14-7-5-12(10-18)6-8-14/h2-9,11H,1H3,(H,19,20)/t11-/m1/s1. The maximum atomic E-state index is 12.0. The molecule has 0 spiro atoms. The Kier molecular flexibility index (Phi) is 4.81. The highest BCUT2D eigenvalue weighted by Crippen LogP contribution is 2.19. The van der Waals surface area contributed by atoms with E-state index in [1.54, 1.807) is 55.5 Å². The largest absolute Gasteiger partial charge is 0.481 e. The van der Waals surface area contributed by atoms with Gasteiger partial charge in [0.25, 0.3) is 5.91 Å². The zero-order valence-electron chi connectivity index (χ0n) is 11.3. The van der Waals surface area contributed by atoms with Crippen LogP contribution in [0.25, 0.3) is 0 Å². The van der Waals surface area contributed by atoms with Gasteiger partial charge in [-0.15, -0.1) is 0 Å². The van der Waals surface area contributed by atoms with Gasteiger partial charge in [-0.05, 0) is 49.4 Å². The molecule has 1 atom stereocenters. The van der Waals surface area contributed by atoms with Crippen LogP contribution in [0.4, 0.5) is 5.69 Å². The van der Waals surface area contributed by atoms with Gasteiger partial charge in [0.05, 0.1) is 11.6 Å². The van der Waals surface area contributed by atoms with Gasteiger partial charge in [-0.2, -0.15) is 5.26 Å². The summed E-state index contributed by atoms with van der Waals surface area (Å²) in [6, 6.07) is 15.5. The molecule has 106 valence electrons. The van der Waals surface area contributed by atoms with Gasteiger partial charge in [0.1, 0.15) is 5.75 Å². The quantitative estimate of drug-likeness (QED) is 0.938. The molecule has 2 aromatic rings. The van der Waals surface area contributed by atoms with Crippen LogP contribution in [-0.2, 0) is 4.79 Å². The van der Waals surface area contributed by atoms with Gasteiger partial charge < -0.3 is 10.1 Å². The number of ether oxygens (including phenoxy) is 1. The number of nitriles is 1. The summed E-state index contributed by atoms with van der Waals surface area (Å²) < 4.78 is 5.53. The van der Waals surface area contributed by atoms with E-state index in [0.29, 0.717) is 22.0 Å². The molecule has 1 amide bonds. The molecular formula is C16H13ClN2O2. The first-order chi connectivity index (χ1) is 10.1. The van der Waals surface area contributed by atoms with Crippen molar-refractivity contribution in [1.29, 1.82) is 5.26 Å². The van der Waals surface area contributed by atoms with Gasteiger partial charge in [-0.1, -0.05) is 17.7 Å². The molecule has 5 heteroatoms. The lowest BCUT2D eigenvalue weighted by Gasteiger charge is -2.14. The molecule has 0 fully saturated rings. The van der Waals surface area contributed by atoms with Crippen LogP contribution >= 0.6 is 11.6 Å². The second-order valence-corrected chi connectivity index (χ2v) is 4.83. The number of carbonyl (C=O) groups is 1. The fraction of sp³-hybridized carbons (Fsp3) is 0.125. The van der Waals surface area contributed by atoms with Gasteiger partial charge in [-0.3, -0.25) is 4.79 Å². The summed E-state index contributed by atoms with van der Waals surface area (Å²) in [5.74, 6) is 0.254. The molecule has 0 saturated carbocycles. The number of halogens is 1. The van der Waals surface area contributed by atoms with Crippen LogP contribution in [0.5, 0.6) is 5.75 Å². The molecule has 4 nitrogen and oxygen atoms in total. The van der Waals surface area contributed by atoms with E-state index in [0.717, 1.165) is 0 Å². The molecule has 0 aromatic heterocycles. The van der Waals surface area contributed by atoms with Crippen molar-refractivity contribution in [3.05, 3.63) is 59.1 Å². The Labute approximate surface area is 127 Å². The summed E-state index contributed by atoms with van der Waals surface area (Å²) in [7, 11) is 0. The summed E-state index contributed by atoms with van der Waals surface area (Å²) in [5.41, 5.74) is 1.15. The number of anilines is 1. The number of hydrogen-bond donors (Lipinski definition) is 1. The third-order valence-corrected chi connectivity index (χ3v) is 2.99. The number of nitrogens with zero attached hydrogens (tertiary/aromatic N) is 1. The number of hydrogen-bond acceptors (Lipinski definition) is 3. The molecule has 0 heterocycles. The minimum Gasteiger partial charge on any atom is -0.481 e. The maximum absolute atomic E-state index is 12.0. The molecule has 0 aliphatic rings. The second kappa shape index (κ2) is 6.78. The van der Waals surface area contributed by atoms with E-state index in [4.69, 9.17) is 21.6 Å². The van der Waals surface area contributed by atoms with Gasteiger partial charge in [0, 0.05) is 10.7 Å². The molecule has 1 N–H and O–H groups in total. The normalized spacial score (nSPS) is 11.3.